The first-order valence-corrected chi connectivity index (χ1v) is 21.5. The summed E-state index contributed by atoms with van der Waals surface area (Å²) in [6, 6.07) is 0. The molecule has 0 heterocycles. The van der Waals surface area contributed by atoms with Crippen molar-refractivity contribution in [3.8, 4) is 0 Å². The number of phosphoric ester groups is 1. The van der Waals surface area contributed by atoms with Crippen molar-refractivity contribution in [3.63, 3.8) is 0 Å². The van der Waals surface area contributed by atoms with Gasteiger partial charge in [0.05, 0.1) is 25.9 Å². The fourth-order valence-electron chi connectivity index (χ4n) is 4.84. The van der Waals surface area contributed by atoms with Crippen LogP contribution in [-0.2, 0) is 32.7 Å². The average Bonchev–Trinajstić information content (AvgIpc) is 3.15. The third kappa shape index (κ3) is 36.4. The van der Waals surface area contributed by atoms with Crippen LogP contribution in [0.2, 0.25) is 0 Å². The van der Waals surface area contributed by atoms with E-state index in [2.05, 4.69) is 67.0 Å². The summed E-state index contributed by atoms with van der Waals surface area (Å²) in [6.07, 6.45) is 37.6. The molecule has 0 amide bonds. The lowest BCUT2D eigenvalue weighted by atomic mass is 10.1. The number of carbonyl (C=O) groups is 2. The molecular formula is C42H71O11P. The van der Waals surface area contributed by atoms with Crippen molar-refractivity contribution in [1.82, 2.24) is 0 Å². The first-order valence-electron chi connectivity index (χ1n) is 20.0. The second-order valence-corrected chi connectivity index (χ2v) is 14.6. The number of hydrogen-bond donors (Lipinski definition) is 4. The number of rotatable bonds is 36. The van der Waals surface area contributed by atoms with Gasteiger partial charge in [-0.2, -0.15) is 0 Å². The molecule has 0 saturated heterocycles. The highest BCUT2D eigenvalue weighted by Gasteiger charge is 2.27. The van der Waals surface area contributed by atoms with Gasteiger partial charge in [-0.25, -0.2) is 4.57 Å². The lowest BCUT2D eigenvalue weighted by Gasteiger charge is -2.20. The van der Waals surface area contributed by atoms with E-state index >= 15 is 0 Å². The zero-order valence-corrected chi connectivity index (χ0v) is 33.9. The Bertz CT molecular complexity index is 1150. The maximum atomic E-state index is 12.6. The second kappa shape index (κ2) is 37.3. The smallest absolute Gasteiger partial charge is 0.462 e. The van der Waals surface area contributed by atoms with Gasteiger partial charge in [-0.05, 0) is 70.6 Å². The van der Waals surface area contributed by atoms with Crippen LogP contribution in [0.1, 0.15) is 136 Å². The Labute approximate surface area is 325 Å². The van der Waals surface area contributed by atoms with Gasteiger partial charge in [0.2, 0.25) is 0 Å². The third-order valence-corrected chi connectivity index (χ3v) is 8.90. The molecule has 0 saturated carbocycles. The first-order chi connectivity index (χ1) is 26.1. The van der Waals surface area contributed by atoms with E-state index in [0.29, 0.717) is 19.3 Å². The highest BCUT2D eigenvalue weighted by atomic mass is 31.2. The summed E-state index contributed by atoms with van der Waals surface area (Å²) in [4.78, 5) is 34.9. The standard InChI is InChI=1S/C42H71O11P/c1-3-5-7-9-11-13-15-17-19-21-23-25-27-30-38(44)31-29-33-41(46)50-36-40(37-52-54(48,49)51-35-39(45)34-43)53-42(47)32-28-26-24-22-20-18-16-14-12-10-8-6-4-2/h5,7,11,13-14,16-17,19,23,25,27,30,38-40,43-45H,3-4,6,8-10,12,15,18,20-22,24,26,28-29,31-37H2,1-2H3,(H,48,49)/b7-5-,13-11-,16-14-,19-17-,25-23-,30-27+/t38?,39-,40+/m0/s1. The number of esters is 2. The molecule has 0 aromatic rings. The van der Waals surface area contributed by atoms with E-state index in [0.717, 1.165) is 64.2 Å². The minimum Gasteiger partial charge on any atom is -0.462 e. The van der Waals surface area contributed by atoms with Crippen LogP contribution in [0.4, 0.5) is 0 Å². The number of phosphoric acid groups is 1. The Hall–Kier alpha value is -2.63. The molecule has 0 aliphatic rings. The summed E-state index contributed by atoms with van der Waals surface area (Å²) in [5.41, 5.74) is 0. The molecule has 54 heavy (non-hydrogen) atoms. The van der Waals surface area contributed by atoms with Gasteiger partial charge >= 0.3 is 19.8 Å². The summed E-state index contributed by atoms with van der Waals surface area (Å²) < 4.78 is 32.5. The SMILES string of the molecule is CC/C=C\C/C=C\C/C=C\C/C=C\C=C\C(O)CCCC(=O)OC[C@H](COP(=O)(O)OC[C@@H](O)CO)OC(=O)CCCCCCC/C=C\CCCCCC. The van der Waals surface area contributed by atoms with Crippen molar-refractivity contribution in [3.05, 3.63) is 72.9 Å². The van der Waals surface area contributed by atoms with Gasteiger partial charge in [0, 0.05) is 12.8 Å². The highest BCUT2D eigenvalue weighted by Crippen LogP contribution is 2.43. The molecular weight excluding hydrogens is 711 g/mol. The van der Waals surface area contributed by atoms with Gasteiger partial charge in [-0.1, -0.05) is 125 Å². The first kappa shape index (κ1) is 51.4. The average molecular weight is 783 g/mol. The molecule has 0 spiro atoms. The molecule has 0 aromatic heterocycles. The Morgan fingerprint density at radius 1 is 0.648 bits per heavy atom. The van der Waals surface area contributed by atoms with Crippen LogP contribution in [0.25, 0.3) is 0 Å². The van der Waals surface area contributed by atoms with E-state index in [-0.39, 0.29) is 12.8 Å². The Balaban J connectivity index is 4.57. The van der Waals surface area contributed by atoms with Crippen LogP contribution in [0.3, 0.4) is 0 Å². The van der Waals surface area contributed by atoms with Crippen LogP contribution in [0.5, 0.6) is 0 Å². The minimum absolute atomic E-state index is 0.00575. The van der Waals surface area contributed by atoms with E-state index < -0.39 is 64.5 Å². The summed E-state index contributed by atoms with van der Waals surface area (Å²) in [5, 5.41) is 28.5. The van der Waals surface area contributed by atoms with E-state index in [1.807, 2.05) is 12.2 Å². The minimum atomic E-state index is -4.66. The molecule has 12 heteroatoms. The number of hydrogen-bond acceptors (Lipinski definition) is 10. The van der Waals surface area contributed by atoms with Crippen LogP contribution in [0, 0.1) is 0 Å². The van der Waals surface area contributed by atoms with E-state index in [1.165, 1.54) is 25.7 Å². The number of ether oxygens (including phenoxy) is 2. The van der Waals surface area contributed by atoms with Crippen LogP contribution < -0.4 is 0 Å². The molecule has 4 atom stereocenters. The molecule has 0 aliphatic heterocycles. The van der Waals surface area contributed by atoms with Crippen molar-refractivity contribution in [2.45, 2.75) is 154 Å². The maximum Gasteiger partial charge on any atom is 0.472 e. The Morgan fingerprint density at radius 2 is 1.22 bits per heavy atom. The van der Waals surface area contributed by atoms with Gasteiger partial charge in [0.1, 0.15) is 12.7 Å². The van der Waals surface area contributed by atoms with Crippen LogP contribution in [-0.4, -0.2) is 76.9 Å². The molecule has 0 aliphatic carbocycles. The summed E-state index contributed by atoms with van der Waals surface area (Å²) in [5.74, 6) is -1.15. The lowest BCUT2D eigenvalue weighted by Crippen LogP contribution is -2.30. The van der Waals surface area contributed by atoms with Crippen LogP contribution >= 0.6 is 7.82 Å². The zero-order chi connectivity index (χ0) is 40.0. The topological polar surface area (TPSA) is 169 Å². The quantitative estimate of drug-likeness (QED) is 0.0157. The predicted molar refractivity (Wildman–Crippen MR) is 216 cm³/mol. The fourth-order valence-corrected chi connectivity index (χ4v) is 5.63. The molecule has 0 radical (unpaired) electrons. The Morgan fingerprint density at radius 3 is 1.87 bits per heavy atom. The van der Waals surface area contributed by atoms with Gasteiger partial charge in [0.25, 0.3) is 0 Å². The summed E-state index contributed by atoms with van der Waals surface area (Å²) in [6.45, 7) is 1.99. The van der Waals surface area contributed by atoms with Crippen molar-refractivity contribution in [2.24, 2.45) is 0 Å². The van der Waals surface area contributed by atoms with E-state index in [9.17, 15) is 29.3 Å². The van der Waals surface area contributed by atoms with Gasteiger partial charge in [-0.3, -0.25) is 18.6 Å². The molecule has 0 aromatic carbocycles. The number of unbranched alkanes of at least 4 members (excludes halogenated alkanes) is 9. The third-order valence-electron chi connectivity index (χ3n) is 7.95. The van der Waals surface area contributed by atoms with Crippen molar-refractivity contribution >= 4 is 19.8 Å². The normalized spacial score (nSPS) is 15.3. The predicted octanol–water partition coefficient (Wildman–Crippen LogP) is 9.08. The lowest BCUT2D eigenvalue weighted by molar-refractivity contribution is -0.161. The number of allylic oxidation sites excluding steroid dienone is 11. The summed E-state index contributed by atoms with van der Waals surface area (Å²) in [7, 11) is -4.66. The molecule has 0 fully saturated rings. The second-order valence-electron chi connectivity index (χ2n) is 13.1. The molecule has 310 valence electrons. The monoisotopic (exact) mass is 782 g/mol. The number of aliphatic hydroxyl groups is 3. The van der Waals surface area contributed by atoms with Crippen molar-refractivity contribution in [2.75, 3.05) is 26.4 Å². The molecule has 11 nitrogen and oxygen atoms in total. The molecule has 2 unspecified atom stereocenters. The summed E-state index contributed by atoms with van der Waals surface area (Å²) >= 11 is 0. The van der Waals surface area contributed by atoms with Crippen molar-refractivity contribution in [1.29, 1.82) is 0 Å². The fraction of sp³-hybridized carbons (Fsp3) is 0.667. The van der Waals surface area contributed by atoms with Gasteiger partial charge in [-0.15, -0.1) is 0 Å². The van der Waals surface area contributed by atoms with Crippen LogP contribution in [0.15, 0.2) is 72.9 Å². The largest absolute Gasteiger partial charge is 0.472 e. The van der Waals surface area contributed by atoms with E-state index in [1.54, 1.807) is 12.2 Å². The molecule has 4 N–H and O–H groups in total. The number of carbonyl (C=O) groups excluding carboxylic acids is 2. The van der Waals surface area contributed by atoms with Gasteiger partial charge in [0.15, 0.2) is 6.10 Å². The number of aliphatic hydroxyl groups excluding tert-OH is 3. The molecule has 0 rings (SSSR count). The van der Waals surface area contributed by atoms with E-state index in [4.69, 9.17) is 19.1 Å². The van der Waals surface area contributed by atoms with Crippen molar-refractivity contribution < 1.29 is 52.9 Å². The molecule has 0 bridgehead atoms. The maximum absolute atomic E-state index is 12.6. The zero-order valence-electron chi connectivity index (χ0n) is 33.0. The highest BCUT2D eigenvalue weighted by molar-refractivity contribution is 7.47. The Kier molecular flexibility index (Phi) is 35.5. The van der Waals surface area contributed by atoms with Gasteiger partial charge < -0.3 is 29.7 Å².